The van der Waals surface area contributed by atoms with E-state index in [9.17, 15) is 9.59 Å². The van der Waals surface area contributed by atoms with Crippen molar-refractivity contribution in [3.05, 3.63) is 0 Å². The van der Waals surface area contributed by atoms with E-state index in [-0.39, 0.29) is 11.8 Å². The number of hydrogen-bond donors (Lipinski definition) is 1. The van der Waals surface area contributed by atoms with Crippen LogP contribution in [-0.4, -0.2) is 34.5 Å². The Morgan fingerprint density at radius 2 is 1.82 bits per heavy atom. The van der Waals surface area contributed by atoms with Gasteiger partial charge >= 0.3 is 5.97 Å². The Bertz CT molecular complexity index is 355. The molecule has 3 rings (SSSR count). The van der Waals surface area contributed by atoms with E-state index in [0.717, 1.165) is 19.4 Å². The van der Waals surface area contributed by atoms with Crippen molar-refractivity contribution in [1.29, 1.82) is 0 Å². The zero-order valence-corrected chi connectivity index (χ0v) is 9.97. The van der Waals surface area contributed by atoms with Crippen molar-refractivity contribution in [2.45, 2.75) is 44.6 Å². The van der Waals surface area contributed by atoms with E-state index in [2.05, 4.69) is 0 Å². The molecule has 1 amide bonds. The van der Waals surface area contributed by atoms with Gasteiger partial charge in [0.15, 0.2) is 0 Å². The first-order valence-corrected chi connectivity index (χ1v) is 6.72. The van der Waals surface area contributed by atoms with Crippen LogP contribution in [-0.2, 0) is 9.59 Å². The van der Waals surface area contributed by atoms with Crippen LogP contribution in [0.3, 0.4) is 0 Å². The Labute approximate surface area is 101 Å². The minimum atomic E-state index is -0.802. The fraction of sp³-hybridized carbons (Fsp3) is 0.846. The van der Waals surface area contributed by atoms with Gasteiger partial charge in [0.1, 0.15) is 0 Å². The summed E-state index contributed by atoms with van der Waals surface area (Å²) in [5, 5.41) is 8.89. The van der Waals surface area contributed by atoms with Crippen molar-refractivity contribution < 1.29 is 14.7 Å². The highest BCUT2D eigenvalue weighted by Crippen LogP contribution is 2.44. The number of carbonyl (C=O) groups is 2. The number of fused-ring (bicyclic) bond motifs is 1. The first-order valence-electron chi connectivity index (χ1n) is 6.72. The van der Waals surface area contributed by atoms with Gasteiger partial charge in [-0.05, 0) is 38.0 Å². The normalized spacial score (nSPS) is 39.9. The van der Waals surface area contributed by atoms with Crippen molar-refractivity contribution in [3.63, 3.8) is 0 Å². The van der Waals surface area contributed by atoms with Gasteiger partial charge in [-0.2, -0.15) is 0 Å². The van der Waals surface area contributed by atoms with Gasteiger partial charge in [0.25, 0.3) is 0 Å². The summed E-state index contributed by atoms with van der Waals surface area (Å²) in [5.74, 6) is -0.608. The maximum atomic E-state index is 12.3. The second-order valence-corrected chi connectivity index (χ2v) is 5.72. The second-order valence-electron chi connectivity index (χ2n) is 5.72. The number of hydrogen-bond acceptors (Lipinski definition) is 2. The molecule has 1 heterocycles. The number of piperidine rings is 1. The van der Waals surface area contributed by atoms with E-state index >= 15 is 0 Å². The summed E-state index contributed by atoms with van der Waals surface area (Å²) in [6.07, 6.45) is 6.51. The van der Waals surface area contributed by atoms with E-state index in [1.165, 1.54) is 19.3 Å². The number of aliphatic carboxylic acids is 1. The third-order valence-corrected chi connectivity index (χ3v) is 4.70. The van der Waals surface area contributed by atoms with Crippen molar-refractivity contribution in [3.8, 4) is 0 Å². The highest BCUT2D eigenvalue weighted by atomic mass is 16.4. The lowest BCUT2D eigenvalue weighted by Gasteiger charge is -2.38. The molecule has 4 nitrogen and oxygen atoms in total. The van der Waals surface area contributed by atoms with Gasteiger partial charge in [-0.15, -0.1) is 0 Å². The molecule has 3 fully saturated rings. The zero-order chi connectivity index (χ0) is 12.0. The summed E-state index contributed by atoms with van der Waals surface area (Å²) >= 11 is 0. The third-order valence-electron chi connectivity index (χ3n) is 4.70. The van der Waals surface area contributed by atoms with Crippen molar-refractivity contribution >= 4 is 11.9 Å². The summed E-state index contributed by atoms with van der Waals surface area (Å²) in [7, 11) is 0. The fourth-order valence-corrected chi connectivity index (χ4v) is 3.68. The van der Waals surface area contributed by atoms with Crippen LogP contribution in [0.1, 0.15) is 38.5 Å². The molecule has 0 spiro atoms. The molecule has 2 aliphatic carbocycles. The van der Waals surface area contributed by atoms with Crippen molar-refractivity contribution in [1.82, 2.24) is 4.90 Å². The number of likely N-dealkylation sites (tertiary alicyclic amines) is 1. The molecule has 2 unspecified atom stereocenters. The first kappa shape index (κ1) is 11.1. The highest BCUT2D eigenvalue weighted by molar-refractivity contribution is 5.89. The maximum Gasteiger partial charge on any atom is 0.307 e. The molecule has 1 N–H and O–H groups in total. The van der Waals surface area contributed by atoms with Crippen molar-refractivity contribution in [2.24, 2.45) is 17.8 Å². The maximum absolute atomic E-state index is 12.3. The average Bonchev–Trinajstić information content (AvgIpc) is 2.98. The van der Waals surface area contributed by atoms with E-state index in [4.69, 9.17) is 5.11 Å². The first-order chi connectivity index (χ1) is 8.18. The van der Waals surface area contributed by atoms with Gasteiger partial charge in [0, 0.05) is 12.6 Å². The number of carboxylic acids is 1. The molecule has 94 valence electrons. The van der Waals surface area contributed by atoms with Gasteiger partial charge in [0.05, 0.1) is 11.8 Å². The Balaban J connectivity index is 1.67. The molecule has 0 aromatic carbocycles. The predicted octanol–water partition coefficient (Wildman–Crippen LogP) is 1.50. The molecule has 3 aliphatic rings. The molecule has 1 aliphatic heterocycles. The third kappa shape index (κ3) is 1.83. The van der Waals surface area contributed by atoms with Crippen LogP contribution < -0.4 is 0 Å². The van der Waals surface area contributed by atoms with Gasteiger partial charge in [-0.3, -0.25) is 9.59 Å². The Morgan fingerprint density at radius 1 is 1.06 bits per heavy atom. The van der Waals surface area contributed by atoms with Gasteiger partial charge in [-0.1, -0.05) is 6.42 Å². The van der Waals surface area contributed by atoms with E-state index < -0.39 is 11.9 Å². The number of carboxylic acid groups (broad SMARTS) is 1. The Kier molecular flexibility index (Phi) is 2.60. The Morgan fingerprint density at radius 3 is 2.53 bits per heavy atom. The molecular weight excluding hydrogens is 218 g/mol. The fourth-order valence-electron chi connectivity index (χ4n) is 3.68. The quantitative estimate of drug-likeness (QED) is 0.791. The van der Waals surface area contributed by atoms with Gasteiger partial charge in [0.2, 0.25) is 5.91 Å². The van der Waals surface area contributed by atoms with Crippen LogP contribution >= 0.6 is 0 Å². The van der Waals surface area contributed by atoms with Crippen LogP contribution in [0.2, 0.25) is 0 Å². The molecule has 2 saturated carbocycles. The molecule has 17 heavy (non-hydrogen) atoms. The van der Waals surface area contributed by atoms with Crippen LogP contribution in [0.15, 0.2) is 0 Å². The number of rotatable bonds is 2. The topological polar surface area (TPSA) is 57.6 Å². The summed E-state index contributed by atoms with van der Waals surface area (Å²) in [5.41, 5.74) is 0. The lowest BCUT2D eigenvalue weighted by atomic mass is 9.91. The summed E-state index contributed by atoms with van der Waals surface area (Å²) < 4.78 is 0. The number of carbonyl (C=O) groups excluding carboxylic acids is 1. The number of amides is 1. The highest BCUT2D eigenvalue weighted by Gasteiger charge is 2.51. The minimum absolute atomic E-state index is 0.119. The molecule has 0 bridgehead atoms. The van der Waals surface area contributed by atoms with Gasteiger partial charge in [-0.25, -0.2) is 0 Å². The van der Waals surface area contributed by atoms with Crippen LogP contribution in [0, 0.1) is 17.8 Å². The summed E-state index contributed by atoms with van der Waals surface area (Å²) in [6.45, 7) is 0.850. The predicted molar refractivity (Wildman–Crippen MR) is 61.3 cm³/mol. The standard InChI is InChI=1S/C13H19NO3/c15-12(9-7-10(9)13(16)17)14-6-2-4-8-3-1-5-11(8)14/h8-11H,1-7H2,(H,16,17)/t8?,9-,10+,11?/m1/s1. The van der Waals surface area contributed by atoms with E-state index in [0.29, 0.717) is 18.4 Å². The SMILES string of the molecule is O=C(O)[C@H]1C[C@H]1C(=O)N1CCCC2CCCC21. The largest absolute Gasteiger partial charge is 0.481 e. The molecule has 0 radical (unpaired) electrons. The average molecular weight is 237 g/mol. The smallest absolute Gasteiger partial charge is 0.307 e. The van der Waals surface area contributed by atoms with Crippen LogP contribution in [0.25, 0.3) is 0 Å². The summed E-state index contributed by atoms with van der Waals surface area (Å²) in [4.78, 5) is 25.1. The number of nitrogens with zero attached hydrogens (tertiary/aromatic N) is 1. The second kappa shape index (κ2) is 4.00. The van der Waals surface area contributed by atoms with E-state index in [1.807, 2.05) is 4.90 Å². The monoisotopic (exact) mass is 237 g/mol. The lowest BCUT2D eigenvalue weighted by molar-refractivity contribution is -0.143. The van der Waals surface area contributed by atoms with Gasteiger partial charge < -0.3 is 10.0 Å². The van der Waals surface area contributed by atoms with Crippen LogP contribution in [0.4, 0.5) is 0 Å². The molecule has 1 saturated heterocycles. The lowest BCUT2D eigenvalue weighted by Crippen LogP contribution is -2.47. The molecule has 4 atom stereocenters. The van der Waals surface area contributed by atoms with Crippen molar-refractivity contribution in [2.75, 3.05) is 6.54 Å². The molecule has 0 aromatic heterocycles. The molecular formula is C13H19NO3. The summed E-state index contributed by atoms with van der Waals surface area (Å²) in [6, 6.07) is 0.422. The molecule has 0 aromatic rings. The minimum Gasteiger partial charge on any atom is -0.481 e. The van der Waals surface area contributed by atoms with Crippen LogP contribution in [0.5, 0.6) is 0 Å². The molecule has 4 heteroatoms. The zero-order valence-electron chi connectivity index (χ0n) is 9.97. The van der Waals surface area contributed by atoms with E-state index in [1.54, 1.807) is 0 Å². The Hall–Kier alpha value is -1.06.